The number of rotatable bonds is 13. The summed E-state index contributed by atoms with van der Waals surface area (Å²) in [7, 11) is -2.79. The number of ether oxygens (including phenoxy) is 1. The van der Waals surface area contributed by atoms with Gasteiger partial charge in [-0.25, -0.2) is 9.24 Å². The summed E-state index contributed by atoms with van der Waals surface area (Å²) in [6.07, 6.45) is 0.573. The Balaban J connectivity index is 1.96. The second-order valence-electron chi connectivity index (χ2n) is 6.96. The molecule has 8 heteroatoms. The van der Waals surface area contributed by atoms with Gasteiger partial charge in [0.05, 0.1) is 5.56 Å². The van der Waals surface area contributed by atoms with E-state index in [2.05, 4.69) is 4.52 Å². The molecular weight excluding hydrogens is 405 g/mol. The smallest absolute Gasteiger partial charge is 0.405 e. The maximum absolute atomic E-state index is 12.7. The van der Waals surface area contributed by atoms with E-state index in [1.54, 1.807) is 24.3 Å². The molecule has 0 saturated carbocycles. The molecule has 7 nitrogen and oxygen atoms in total. The summed E-state index contributed by atoms with van der Waals surface area (Å²) in [4.78, 5) is 22.6. The molecule has 0 fully saturated rings. The molecule has 2 unspecified atom stereocenters. The first-order valence-electron chi connectivity index (χ1n) is 9.98. The molecule has 0 radical (unpaired) electrons. The number of carbonyl (C=O) groups is 1. The number of carbonyl (C=O) groups excluding carboxylic acids is 1. The third-order valence-corrected chi connectivity index (χ3v) is 6.15. The Morgan fingerprint density at radius 1 is 1.13 bits per heavy atom. The van der Waals surface area contributed by atoms with E-state index in [4.69, 9.17) is 4.74 Å². The van der Waals surface area contributed by atoms with Gasteiger partial charge in [-0.05, 0) is 30.5 Å². The van der Waals surface area contributed by atoms with Gasteiger partial charge in [-0.3, -0.25) is 4.79 Å². The lowest BCUT2D eigenvalue weighted by atomic mass is 10.0. The molecule has 2 atom stereocenters. The summed E-state index contributed by atoms with van der Waals surface area (Å²) in [6.45, 7) is 1.96. The number of Topliss-reactive ketones (excluding diaryl/α,β-unsaturated/α-hetero) is 1. The summed E-state index contributed by atoms with van der Waals surface area (Å²) in [5.74, 6) is 0.339. The van der Waals surface area contributed by atoms with Gasteiger partial charge >= 0.3 is 7.75 Å². The van der Waals surface area contributed by atoms with Crippen LogP contribution in [0.4, 0.5) is 0 Å². The minimum Gasteiger partial charge on any atom is -0.490 e. The molecule has 164 valence electrons. The van der Waals surface area contributed by atoms with Crippen LogP contribution < -0.4 is 4.74 Å². The summed E-state index contributed by atoms with van der Waals surface area (Å²) >= 11 is 0. The van der Waals surface area contributed by atoms with E-state index < -0.39 is 13.9 Å². The lowest BCUT2D eigenvalue weighted by Gasteiger charge is -2.27. The fourth-order valence-corrected chi connectivity index (χ4v) is 4.11. The van der Waals surface area contributed by atoms with Crippen molar-refractivity contribution < 1.29 is 28.6 Å². The van der Waals surface area contributed by atoms with Crippen molar-refractivity contribution in [3.05, 3.63) is 65.7 Å². The van der Waals surface area contributed by atoms with Crippen LogP contribution in [0.3, 0.4) is 0 Å². The van der Waals surface area contributed by atoms with Crippen molar-refractivity contribution in [3.8, 4) is 5.75 Å². The number of aliphatic hydroxyl groups excluding tert-OH is 1. The molecule has 0 amide bonds. The van der Waals surface area contributed by atoms with Crippen LogP contribution in [-0.4, -0.2) is 53.4 Å². The highest BCUT2D eigenvalue weighted by atomic mass is 31.2. The first kappa shape index (κ1) is 24.3. The monoisotopic (exact) mass is 435 g/mol. The standard InChI is InChI=1S/C22H30NO6P/c1-3-15-23(30(26,27)28-2)16-19(24)17-29-22-12-8-7-11-20(22)21(25)14-13-18-9-5-4-6-10-18/h4-12,19,24H,3,13-17H2,1-2H3,(H,26,27). The normalized spacial score (nSPS) is 14.3. The number of aryl methyl sites for hydroxylation is 1. The summed E-state index contributed by atoms with van der Waals surface area (Å²) in [5.41, 5.74) is 1.54. The Labute approximate surface area is 177 Å². The SMILES string of the molecule is CCCN(CC(O)COc1ccccc1C(=O)CCc1ccccc1)P(=O)(O)OC. The Morgan fingerprint density at radius 3 is 2.47 bits per heavy atom. The fraction of sp³-hybridized carbons (Fsp3) is 0.409. The van der Waals surface area contributed by atoms with Gasteiger partial charge in [0, 0.05) is 26.6 Å². The molecule has 0 bridgehead atoms. The molecule has 2 rings (SSSR count). The lowest BCUT2D eigenvalue weighted by molar-refractivity contribution is 0.0791. The second-order valence-corrected chi connectivity index (χ2v) is 8.87. The molecule has 0 aliphatic rings. The maximum Gasteiger partial charge on any atom is 0.405 e. The summed E-state index contributed by atoms with van der Waals surface area (Å²) in [6, 6.07) is 16.7. The van der Waals surface area contributed by atoms with Crippen LogP contribution in [0, 0.1) is 0 Å². The van der Waals surface area contributed by atoms with E-state index in [1.807, 2.05) is 37.3 Å². The van der Waals surface area contributed by atoms with E-state index in [0.717, 1.165) is 12.7 Å². The number of para-hydroxylation sites is 1. The van der Waals surface area contributed by atoms with Crippen LogP contribution in [0.5, 0.6) is 5.75 Å². The first-order valence-corrected chi connectivity index (χ1v) is 11.5. The Hall–Kier alpha value is -2.02. The Morgan fingerprint density at radius 2 is 1.80 bits per heavy atom. The van der Waals surface area contributed by atoms with E-state index >= 15 is 0 Å². The van der Waals surface area contributed by atoms with E-state index in [1.165, 1.54) is 4.67 Å². The van der Waals surface area contributed by atoms with Gasteiger partial charge in [0.15, 0.2) is 5.78 Å². The van der Waals surface area contributed by atoms with Crippen molar-refractivity contribution in [3.63, 3.8) is 0 Å². The molecule has 0 aliphatic heterocycles. The molecule has 0 heterocycles. The van der Waals surface area contributed by atoms with Gasteiger partial charge < -0.3 is 19.3 Å². The van der Waals surface area contributed by atoms with E-state index in [-0.39, 0.29) is 18.9 Å². The zero-order valence-electron chi connectivity index (χ0n) is 17.4. The average molecular weight is 435 g/mol. The van der Waals surface area contributed by atoms with E-state index in [9.17, 15) is 19.4 Å². The van der Waals surface area contributed by atoms with Crippen LogP contribution in [0.15, 0.2) is 54.6 Å². The highest BCUT2D eigenvalue weighted by Gasteiger charge is 2.29. The van der Waals surface area contributed by atoms with Crippen molar-refractivity contribution in [2.75, 3.05) is 26.8 Å². The van der Waals surface area contributed by atoms with Crippen molar-refractivity contribution >= 4 is 13.5 Å². The third-order valence-electron chi connectivity index (χ3n) is 4.60. The number of hydrogen-bond donors (Lipinski definition) is 2. The Bertz CT molecular complexity index is 845. The van der Waals surface area contributed by atoms with Gasteiger partial charge in [0.25, 0.3) is 0 Å². The van der Waals surface area contributed by atoms with Crippen molar-refractivity contribution in [2.24, 2.45) is 0 Å². The number of nitrogens with zero attached hydrogens (tertiary/aromatic N) is 1. The molecule has 0 aliphatic carbocycles. The quantitative estimate of drug-likeness (QED) is 0.366. The lowest BCUT2D eigenvalue weighted by Crippen LogP contribution is -2.34. The molecule has 2 aromatic carbocycles. The molecular formula is C22H30NO6P. The highest BCUT2D eigenvalue weighted by molar-refractivity contribution is 7.50. The van der Waals surface area contributed by atoms with E-state index in [0.29, 0.717) is 37.1 Å². The molecule has 0 spiro atoms. The van der Waals surface area contributed by atoms with Crippen LogP contribution in [-0.2, 0) is 15.5 Å². The predicted molar refractivity (Wildman–Crippen MR) is 116 cm³/mol. The predicted octanol–water partition coefficient (Wildman–Crippen LogP) is 3.70. The molecule has 30 heavy (non-hydrogen) atoms. The van der Waals surface area contributed by atoms with Gasteiger partial charge in [-0.1, -0.05) is 49.4 Å². The van der Waals surface area contributed by atoms with Crippen LogP contribution in [0.25, 0.3) is 0 Å². The number of benzene rings is 2. The zero-order chi connectivity index (χ0) is 22.0. The van der Waals surface area contributed by atoms with Gasteiger partial charge in [-0.15, -0.1) is 0 Å². The number of aliphatic hydroxyl groups is 1. The van der Waals surface area contributed by atoms with Gasteiger partial charge in [0.1, 0.15) is 18.5 Å². The number of ketones is 1. The minimum absolute atomic E-state index is 0.0456. The fourth-order valence-electron chi connectivity index (χ4n) is 3.04. The molecule has 0 aromatic heterocycles. The van der Waals surface area contributed by atoms with Crippen molar-refractivity contribution in [1.29, 1.82) is 0 Å². The van der Waals surface area contributed by atoms with Crippen molar-refractivity contribution in [1.82, 2.24) is 4.67 Å². The molecule has 2 aromatic rings. The van der Waals surface area contributed by atoms with Gasteiger partial charge in [0.2, 0.25) is 0 Å². The summed E-state index contributed by atoms with van der Waals surface area (Å²) < 4.78 is 23.6. The van der Waals surface area contributed by atoms with Crippen LogP contribution in [0.2, 0.25) is 0 Å². The second kappa shape index (κ2) is 12.0. The first-order chi connectivity index (χ1) is 14.4. The summed E-state index contributed by atoms with van der Waals surface area (Å²) in [5, 5.41) is 10.3. The average Bonchev–Trinajstić information content (AvgIpc) is 2.76. The highest BCUT2D eigenvalue weighted by Crippen LogP contribution is 2.45. The Kier molecular flexibility index (Phi) is 9.69. The van der Waals surface area contributed by atoms with Crippen LogP contribution >= 0.6 is 7.75 Å². The minimum atomic E-state index is -3.95. The number of hydrogen-bond acceptors (Lipinski definition) is 5. The zero-order valence-corrected chi connectivity index (χ0v) is 18.3. The molecule has 0 saturated heterocycles. The topological polar surface area (TPSA) is 96.3 Å². The van der Waals surface area contributed by atoms with Crippen LogP contribution in [0.1, 0.15) is 35.7 Å². The third kappa shape index (κ3) is 7.35. The largest absolute Gasteiger partial charge is 0.490 e. The maximum atomic E-state index is 12.7. The van der Waals surface area contributed by atoms with Gasteiger partial charge in [-0.2, -0.15) is 0 Å². The molecule has 2 N–H and O–H groups in total. The van der Waals surface area contributed by atoms with Crippen molar-refractivity contribution in [2.45, 2.75) is 32.3 Å².